The number of carbonyl (C=O) groups is 2. The third kappa shape index (κ3) is 12.3. The second kappa shape index (κ2) is 23.3. The molecule has 3 heterocycles. The molecule has 0 aromatic heterocycles. The first-order valence-electron chi connectivity index (χ1n) is 27.1. The van der Waals surface area contributed by atoms with Gasteiger partial charge in [0.25, 0.3) is 0 Å². The smallest absolute Gasteiger partial charge is 0.302 e. The monoisotopic (exact) mass is 993 g/mol. The van der Waals surface area contributed by atoms with E-state index in [9.17, 15) is 19.8 Å². The van der Waals surface area contributed by atoms with Crippen LogP contribution >= 0.6 is 21.6 Å². The highest BCUT2D eigenvalue weighted by molar-refractivity contribution is 8.77. The maximum atomic E-state index is 14.4. The number of phenolic OH excluding ortho intramolecular Hbond substituents is 1. The van der Waals surface area contributed by atoms with E-state index in [1.807, 2.05) is 32.6 Å². The Bertz CT molecular complexity index is 2250. The van der Waals surface area contributed by atoms with Crippen LogP contribution in [0.25, 0.3) is 0 Å². The van der Waals surface area contributed by atoms with Crippen LogP contribution in [0.1, 0.15) is 163 Å². The maximum absolute atomic E-state index is 14.4. The molecule has 12 heteroatoms. The van der Waals surface area contributed by atoms with Gasteiger partial charge in [0.05, 0.1) is 6.10 Å². The lowest BCUT2D eigenvalue weighted by atomic mass is 9.78. The molecule has 7 unspecified atom stereocenters. The molecule has 9 rings (SSSR count). The first-order valence-corrected chi connectivity index (χ1v) is 29.4. The summed E-state index contributed by atoms with van der Waals surface area (Å²) in [6.07, 6.45) is 21.6. The first kappa shape index (κ1) is 51.0. The number of phenols is 1. The molecule has 6 aliphatic rings. The van der Waals surface area contributed by atoms with Crippen molar-refractivity contribution in [3.63, 3.8) is 0 Å². The average molecular weight is 993 g/mol. The minimum Gasteiger partial charge on any atom is -0.504 e. The van der Waals surface area contributed by atoms with E-state index >= 15 is 0 Å². The number of aliphatic hydroxyl groups excluding tert-OH is 1. The summed E-state index contributed by atoms with van der Waals surface area (Å²) in [6, 6.07) is 23.4. The molecule has 5 N–H and O–H groups in total. The van der Waals surface area contributed by atoms with Crippen molar-refractivity contribution in [2.24, 2.45) is 33.4 Å². The number of aliphatic hydroxyl groups is 1. The number of esters is 1. The summed E-state index contributed by atoms with van der Waals surface area (Å²) in [5, 5.41) is 27.7. The maximum Gasteiger partial charge on any atom is 0.302 e. The van der Waals surface area contributed by atoms with Crippen LogP contribution < -0.4 is 15.8 Å². The summed E-state index contributed by atoms with van der Waals surface area (Å²) in [5.74, 6) is 2.97. The topological polar surface area (TPSA) is 147 Å². The number of benzene rings is 3. The van der Waals surface area contributed by atoms with Crippen molar-refractivity contribution in [3.05, 3.63) is 94.5 Å². The van der Waals surface area contributed by atoms with E-state index in [1.54, 1.807) is 0 Å². The Hall–Kier alpha value is -3.87. The lowest BCUT2D eigenvalue weighted by Gasteiger charge is -2.44. The fourth-order valence-electron chi connectivity index (χ4n) is 13.7. The molecule has 7 atom stereocenters. The van der Waals surface area contributed by atoms with E-state index < -0.39 is 12.2 Å². The summed E-state index contributed by atoms with van der Waals surface area (Å²) in [4.78, 5) is 33.8. The number of guanidine groups is 1. The molecule has 10 nitrogen and oxygen atoms in total. The van der Waals surface area contributed by atoms with Crippen molar-refractivity contribution < 1.29 is 29.3 Å². The Labute approximate surface area is 425 Å². The summed E-state index contributed by atoms with van der Waals surface area (Å²) in [5.41, 5.74) is 12.2. The molecule has 0 radical (unpaired) electrons. The molecule has 3 aliphatic carbocycles. The number of aromatic hydroxyl groups is 1. The van der Waals surface area contributed by atoms with Gasteiger partial charge >= 0.3 is 5.97 Å². The summed E-state index contributed by atoms with van der Waals surface area (Å²) in [7, 11) is 4.05. The number of aryl methyl sites for hydroxylation is 2. The number of aliphatic imine (C=N–C) groups is 1. The molecule has 3 saturated carbocycles. The van der Waals surface area contributed by atoms with Crippen LogP contribution in [0.5, 0.6) is 11.5 Å². The van der Waals surface area contributed by atoms with Gasteiger partial charge in [0.2, 0.25) is 5.91 Å². The summed E-state index contributed by atoms with van der Waals surface area (Å²) < 4.78 is 12.8. The van der Waals surface area contributed by atoms with E-state index in [0.717, 1.165) is 93.9 Å². The van der Waals surface area contributed by atoms with Gasteiger partial charge < -0.3 is 35.6 Å². The van der Waals surface area contributed by atoms with Gasteiger partial charge in [-0.2, -0.15) is 0 Å². The molecule has 3 aromatic carbocycles. The van der Waals surface area contributed by atoms with Gasteiger partial charge in [-0.05, 0) is 150 Å². The molecule has 4 bridgehead atoms. The van der Waals surface area contributed by atoms with Crippen LogP contribution in [0.3, 0.4) is 0 Å². The van der Waals surface area contributed by atoms with Crippen molar-refractivity contribution in [3.8, 4) is 11.5 Å². The van der Waals surface area contributed by atoms with Gasteiger partial charge in [-0.3, -0.25) is 14.6 Å². The molecule has 1 amide bonds. The molecule has 380 valence electrons. The molecule has 70 heavy (non-hydrogen) atoms. The number of nitrogens with zero attached hydrogens (tertiary/aromatic N) is 2. The van der Waals surface area contributed by atoms with E-state index in [2.05, 4.69) is 66.0 Å². The standard InChI is InChI=1S/C58H80N4O6S2/c1-41(63)67-49-26-24-46-34-47(53(66)54-50(46)27-25-45-19-12-21-51(45)68-54)38-62-40-56(37-52(62)65,36-43-16-6-3-7-17-43)32-33-60-55(59)61-58(31-13-30-57(58)28-10-11-29-57)70-69-39-44(18-8-9-20-48(64)35-49)23-22-42-14-4-2-5-15-42/h2-7,14-17,34,44-45,48-49,51,64,66H,8-13,18-33,35-40H2,1H3,(H3,59,60,61). The van der Waals surface area contributed by atoms with Crippen molar-refractivity contribution in [1.82, 2.24) is 10.2 Å². The van der Waals surface area contributed by atoms with Gasteiger partial charge in [0.1, 0.15) is 17.1 Å². The number of hydrogen-bond acceptors (Lipinski definition) is 11. The Kier molecular flexibility index (Phi) is 17.0. The number of fused-ring (bicyclic) bond motifs is 8. The highest BCUT2D eigenvalue weighted by Gasteiger charge is 2.57. The average Bonchev–Trinajstić information content (AvgIpc) is 4.13. The number of ether oxygens (including phenoxy) is 2. The zero-order valence-corrected chi connectivity index (χ0v) is 43.5. The Balaban J connectivity index is 1.02. The second-order valence-corrected chi connectivity index (χ2v) is 25.0. The zero-order valence-electron chi connectivity index (χ0n) is 41.9. The molecule has 2 spiro atoms. The van der Waals surface area contributed by atoms with Crippen LogP contribution in [0.2, 0.25) is 0 Å². The van der Waals surface area contributed by atoms with E-state index in [4.69, 9.17) is 20.2 Å². The van der Waals surface area contributed by atoms with Gasteiger partial charge in [-0.25, -0.2) is 0 Å². The summed E-state index contributed by atoms with van der Waals surface area (Å²) in [6.45, 7) is 2.77. The van der Waals surface area contributed by atoms with Crippen LogP contribution in [-0.2, 0) is 46.6 Å². The van der Waals surface area contributed by atoms with Gasteiger partial charge in [-0.1, -0.05) is 108 Å². The second-order valence-electron chi connectivity index (χ2n) is 22.3. The van der Waals surface area contributed by atoms with Crippen LogP contribution in [0.4, 0.5) is 0 Å². The number of carbonyl (C=O) groups excluding carboxylic acids is 2. The van der Waals surface area contributed by atoms with Crippen molar-refractivity contribution in [2.45, 2.75) is 191 Å². The van der Waals surface area contributed by atoms with E-state index in [-0.39, 0.29) is 46.0 Å². The molecule has 1 saturated heterocycles. The fraction of sp³-hybridized carbons (Fsp3) is 0.638. The minimum atomic E-state index is -0.592. The van der Waals surface area contributed by atoms with Crippen LogP contribution in [0.15, 0.2) is 71.7 Å². The van der Waals surface area contributed by atoms with Gasteiger partial charge in [-0.15, -0.1) is 0 Å². The Morgan fingerprint density at radius 1 is 0.886 bits per heavy atom. The quantitative estimate of drug-likeness (QED) is 0.139. The molecule has 3 aromatic rings. The number of amides is 1. The zero-order chi connectivity index (χ0) is 48.6. The predicted octanol–water partition coefficient (Wildman–Crippen LogP) is 11.4. The number of rotatable bonds is 6. The predicted molar refractivity (Wildman–Crippen MR) is 284 cm³/mol. The number of nitrogens with one attached hydrogen (secondary N) is 1. The Morgan fingerprint density at radius 3 is 2.43 bits per heavy atom. The fourth-order valence-corrected chi connectivity index (χ4v) is 17.6. The van der Waals surface area contributed by atoms with Crippen molar-refractivity contribution in [1.29, 1.82) is 0 Å². The molecule has 4 fully saturated rings. The SMILES string of the molecule is CC(=O)OC1CCc2cc(c(O)c3c2CCC2CCCC2O3)CN2CC(Cc3ccccc3)(CCN=C(N)NC3(CCCC34CCCC4)SSCC(CCc3ccccc3)CCCCC(O)C1)CC2=O. The van der Waals surface area contributed by atoms with Crippen LogP contribution in [-0.4, -0.2) is 75.0 Å². The lowest BCUT2D eigenvalue weighted by molar-refractivity contribution is -0.148. The van der Waals surface area contributed by atoms with Crippen LogP contribution in [0, 0.1) is 22.7 Å². The third-order valence-electron chi connectivity index (χ3n) is 17.4. The van der Waals surface area contributed by atoms with Gasteiger partial charge in [0, 0.05) is 67.1 Å². The van der Waals surface area contributed by atoms with Crippen molar-refractivity contribution in [2.75, 3.05) is 18.8 Å². The third-order valence-corrected chi connectivity index (χ3v) is 20.8. The highest BCUT2D eigenvalue weighted by Crippen LogP contribution is 2.63. The highest BCUT2D eigenvalue weighted by atomic mass is 33.1. The molecular formula is C58H80N4O6S2. The first-order chi connectivity index (χ1) is 34.0. The Morgan fingerprint density at radius 2 is 1.64 bits per heavy atom. The lowest BCUT2D eigenvalue weighted by Crippen LogP contribution is -2.55. The summed E-state index contributed by atoms with van der Waals surface area (Å²) >= 11 is 0. The van der Waals surface area contributed by atoms with E-state index in [0.29, 0.717) is 80.7 Å². The number of nitrogens with two attached hydrogens (primary N) is 1. The number of hydrogen-bond donors (Lipinski definition) is 4. The molecular weight excluding hydrogens is 913 g/mol. The van der Waals surface area contributed by atoms with Crippen molar-refractivity contribution >= 4 is 39.4 Å². The van der Waals surface area contributed by atoms with Gasteiger partial charge in [0.15, 0.2) is 17.5 Å². The minimum absolute atomic E-state index is 0.0614. The largest absolute Gasteiger partial charge is 0.504 e. The molecule has 3 aliphatic heterocycles. The normalized spacial score (nSPS) is 30.2. The van der Waals surface area contributed by atoms with E-state index in [1.165, 1.54) is 56.6 Å².